The Labute approximate surface area is 158 Å². The molecule has 0 amide bonds. The van der Waals surface area contributed by atoms with Crippen molar-refractivity contribution in [3.63, 3.8) is 0 Å². The van der Waals surface area contributed by atoms with Gasteiger partial charge in [-0.05, 0) is 26.0 Å². The molecule has 7 nitrogen and oxygen atoms in total. The van der Waals surface area contributed by atoms with E-state index in [9.17, 15) is 24.1 Å². The lowest BCUT2D eigenvalue weighted by Gasteiger charge is -2.29. The van der Waals surface area contributed by atoms with Crippen LogP contribution in [0.15, 0.2) is 36.8 Å². The Morgan fingerprint density at radius 3 is 2.75 bits per heavy atom. The molecule has 0 radical (unpaired) electrons. The lowest BCUT2D eigenvalue weighted by Crippen LogP contribution is -2.47. The summed E-state index contributed by atoms with van der Waals surface area (Å²) in [4.78, 5) is 8.29. The van der Waals surface area contributed by atoms with Gasteiger partial charge in [-0.2, -0.15) is 0 Å². The van der Waals surface area contributed by atoms with Crippen molar-refractivity contribution in [1.82, 2.24) is 14.5 Å². The van der Waals surface area contributed by atoms with Crippen LogP contribution in [0, 0.1) is 18.6 Å². The molecule has 28 heavy (non-hydrogen) atoms. The van der Waals surface area contributed by atoms with Gasteiger partial charge in [0.05, 0.1) is 5.69 Å². The Balaban J connectivity index is 1.73. The summed E-state index contributed by atoms with van der Waals surface area (Å²) in [6.45, 7) is 3.07. The number of aliphatic hydroxyl groups is 3. The number of rotatable bonds is 3. The molecular formula is C19H19F2N3O4. The molecule has 148 valence electrons. The van der Waals surface area contributed by atoms with Crippen LogP contribution in [0.3, 0.4) is 0 Å². The minimum absolute atomic E-state index is 0.367. The van der Waals surface area contributed by atoms with E-state index in [1.54, 1.807) is 19.2 Å². The summed E-state index contributed by atoms with van der Waals surface area (Å²) < 4.78 is 34.9. The molecule has 0 saturated carbocycles. The first-order chi connectivity index (χ1) is 13.2. The van der Waals surface area contributed by atoms with E-state index in [-0.39, 0.29) is 5.56 Å². The zero-order chi connectivity index (χ0) is 20.2. The summed E-state index contributed by atoms with van der Waals surface area (Å²) >= 11 is 0. The van der Waals surface area contributed by atoms with E-state index in [2.05, 4.69) is 9.97 Å². The van der Waals surface area contributed by atoms with Crippen LogP contribution < -0.4 is 0 Å². The van der Waals surface area contributed by atoms with Crippen molar-refractivity contribution in [3.8, 4) is 0 Å². The maximum Gasteiger partial charge on any atom is 0.164 e. The van der Waals surface area contributed by atoms with E-state index in [0.717, 1.165) is 17.1 Å². The van der Waals surface area contributed by atoms with E-state index < -0.39 is 41.8 Å². The van der Waals surface area contributed by atoms with Crippen LogP contribution in [0.5, 0.6) is 0 Å². The zero-order valence-corrected chi connectivity index (χ0v) is 15.1. The molecule has 4 rings (SSSR count). The summed E-state index contributed by atoms with van der Waals surface area (Å²) in [5, 5.41) is 32.9. The molecule has 2 aromatic heterocycles. The SMILES string of the molecule is Cc1ncnc2c1ccn2[C@@H]1O[C@H]([C@H](O)c2cccc(F)c2F)[C@@](C)(O)[C@H]1O. The van der Waals surface area contributed by atoms with Crippen LogP contribution in [0.1, 0.15) is 30.5 Å². The normalized spacial score (nSPS) is 28.8. The second kappa shape index (κ2) is 6.56. The van der Waals surface area contributed by atoms with Crippen molar-refractivity contribution < 1.29 is 28.8 Å². The van der Waals surface area contributed by atoms with Gasteiger partial charge in [-0.25, -0.2) is 18.7 Å². The van der Waals surface area contributed by atoms with E-state index in [0.29, 0.717) is 5.65 Å². The van der Waals surface area contributed by atoms with Gasteiger partial charge in [0.1, 0.15) is 35.9 Å². The maximum absolute atomic E-state index is 14.1. The zero-order valence-electron chi connectivity index (χ0n) is 15.1. The fourth-order valence-electron chi connectivity index (χ4n) is 3.65. The molecule has 3 heterocycles. The van der Waals surface area contributed by atoms with Gasteiger partial charge in [0.2, 0.25) is 0 Å². The molecule has 1 aliphatic heterocycles. The van der Waals surface area contributed by atoms with E-state index in [1.165, 1.54) is 30.0 Å². The molecule has 0 aliphatic carbocycles. The van der Waals surface area contributed by atoms with Gasteiger partial charge < -0.3 is 24.6 Å². The number of hydrogen-bond acceptors (Lipinski definition) is 6. The summed E-state index contributed by atoms with van der Waals surface area (Å²) in [6.07, 6.45) is -2.70. The van der Waals surface area contributed by atoms with Crippen molar-refractivity contribution in [2.75, 3.05) is 0 Å². The van der Waals surface area contributed by atoms with Gasteiger partial charge >= 0.3 is 0 Å². The molecule has 1 aromatic carbocycles. The fourth-order valence-corrected chi connectivity index (χ4v) is 3.65. The molecule has 1 fully saturated rings. The van der Waals surface area contributed by atoms with E-state index >= 15 is 0 Å². The number of ether oxygens (including phenoxy) is 1. The minimum atomic E-state index is -1.94. The molecule has 1 aliphatic rings. The Bertz CT molecular complexity index is 1040. The second-order valence-corrected chi connectivity index (χ2v) is 7.13. The van der Waals surface area contributed by atoms with Crippen molar-refractivity contribution >= 4 is 11.0 Å². The molecule has 0 bridgehead atoms. The van der Waals surface area contributed by atoms with Crippen LogP contribution in [-0.4, -0.2) is 47.7 Å². The predicted molar refractivity (Wildman–Crippen MR) is 94.1 cm³/mol. The third-order valence-electron chi connectivity index (χ3n) is 5.30. The van der Waals surface area contributed by atoms with Gasteiger partial charge in [0.25, 0.3) is 0 Å². The molecule has 0 spiro atoms. The highest BCUT2D eigenvalue weighted by atomic mass is 19.2. The standard InChI is InChI=1S/C19H19F2N3O4/c1-9-10-6-7-24(17(10)23-8-22-9)18-15(26)19(2,27)16(28-18)14(25)11-4-3-5-12(20)13(11)21/h3-8,14-16,18,25-27H,1-2H3/t14-,15+,16-,18-,19+/m1/s1. The van der Waals surface area contributed by atoms with Crippen molar-refractivity contribution in [1.29, 1.82) is 0 Å². The summed E-state index contributed by atoms with van der Waals surface area (Å²) in [6, 6.07) is 5.11. The average molecular weight is 391 g/mol. The molecule has 9 heteroatoms. The first kappa shape index (κ1) is 18.9. The van der Waals surface area contributed by atoms with Crippen LogP contribution in [0.25, 0.3) is 11.0 Å². The quantitative estimate of drug-likeness (QED) is 0.629. The van der Waals surface area contributed by atoms with Crippen LogP contribution >= 0.6 is 0 Å². The monoisotopic (exact) mass is 391 g/mol. The number of fused-ring (bicyclic) bond motifs is 1. The smallest absolute Gasteiger partial charge is 0.164 e. The number of halogens is 2. The van der Waals surface area contributed by atoms with Crippen LogP contribution in [0.2, 0.25) is 0 Å². The summed E-state index contributed by atoms with van der Waals surface area (Å²) in [7, 11) is 0. The Morgan fingerprint density at radius 1 is 1.25 bits per heavy atom. The number of aliphatic hydroxyl groups excluding tert-OH is 2. The molecule has 3 aromatic rings. The second-order valence-electron chi connectivity index (χ2n) is 7.13. The Kier molecular flexibility index (Phi) is 4.42. The van der Waals surface area contributed by atoms with E-state index in [4.69, 9.17) is 4.74 Å². The van der Waals surface area contributed by atoms with Gasteiger partial charge in [0, 0.05) is 17.1 Å². The Hall–Kier alpha value is -2.46. The third kappa shape index (κ3) is 2.70. The number of aromatic nitrogens is 3. The summed E-state index contributed by atoms with van der Waals surface area (Å²) in [5.74, 6) is -2.36. The van der Waals surface area contributed by atoms with Crippen molar-refractivity contribution in [2.24, 2.45) is 0 Å². The molecule has 5 atom stereocenters. The third-order valence-corrected chi connectivity index (χ3v) is 5.30. The van der Waals surface area contributed by atoms with Crippen LogP contribution in [0.4, 0.5) is 8.78 Å². The number of nitrogens with zero attached hydrogens (tertiary/aromatic N) is 3. The molecular weight excluding hydrogens is 372 g/mol. The number of benzene rings is 1. The van der Waals surface area contributed by atoms with Gasteiger partial charge in [-0.3, -0.25) is 0 Å². The van der Waals surface area contributed by atoms with Gasteiger partial charge in [-0.15, -0.1) is 0 Å². The molecule has 3 N–H and O–H groups in total. The fraction of sp³-hybridized carbons (Fsp3) is 0.368. The van der Waals surface area contributed by atoms with Crippen LogP contribution in [-0.2, 0) is 4.74 Å². The van der Waals surface area contributed by atoms with E-state index in [1.807, 2.05) is 0 Å². The highest BCUT2D eigenvalue weighted by molar-refractivity contribution is 5.78. The number of aryl methyl sites for hydroxylation is 1. The average Bonchev–Trinajstić information content (AvgIpc) is 3.18. The Morgan fingerprint density at radius 2 is 2.00 bits per heavy atom. The topological polar surface area (TPSA) is 101 Å². The first-order valence-corrected chi connectivity index (χ1v) is 8.69. The van der Waals surface area contributed by atoms with Crippen molar-refractivity contribution in [3.05, 3.63) is 59.7 Å². The lowest BCUT2D eigenvalue weighted by molar-refractivity contribution is -0.115. The predicted octanol–water partition coefficient (Wildman–Crippen LogP) is 1.76. The highest BCUT2D eigenvalue weighted by Gasteiger charge is 2.56. The largest absolute Gasteiger partial charge is 0.385 e. The first-order valence-electron chi connectivity index (χ1n) is 8.69. The van der Waals surface area contributed by atoms with Crippen molar-refractivity contribution in [2.45, 2.75) is 44.0 Å². The lowest BCUT2D eigenvalue weighted by atomic mass is 9.88. The minimum Gasteiger partial charge on any atom is -0.385 e. The highest BCUT2D eigenvalue weighted by Crippen LogP contribution is 2.43. The van der Waals surface area contributed by atoms with Gasteiger partial charge in [-0.1, -0.05) is 12.1 Å². The molecule has 0 unspecified atom stereocenters. The summed E-state index contributed by atoms with van der Waals surface area (Å²) in [5.41, 5.74) is -1.11. The molecule has 1 saturated heterocycles. The maximum atomic E-state index is 14.1. The number of hydrogen-bond donors (Lipinski definition) is 3. The van der Waals surface area contributed by atoms with Gasteiger partial charge in [0.15, 0.2) is 17.9 Å².